The van der Waals surface area contributed by atoms with Crippen molar-refractivity contribution in [3.8, 4) is 0 Å². The Kier molecular flexibility index (Phi) is 2.71. The number of rotatable bonds is 2. The van der Waals surface area contributed by atoms with Crippen LogP contribution in [0.3, 0.4) is 0 Å². The zero-order chi connectivity index (χ0) is 9.10. The van der Waals surface area contributed by atoms with E-state index in [1.165, 1.54) is 11.3 Å². The molecule has 4 heteroatoms. The lowest BCUT2D eigenvalue weighted by molar-refractivity contribution is 0.0846. The van der Waals surface area contributed by atoms with Gasteiger partial charge in [-0.25, -0.2) is 4.98 Å². The van der Waals surface area contributed by atoms with Gasteiger partial charge in [-0.15, -0.1) is 11.3 Å². The molecule has 3 nitrogen and oxygen atoms in total. The van der Waals surface area contributed by atoms with Crippen molar-refractivity contribution in [2.75, 3.05) is 13.2 Å². The van der Waals surface area contributed by atoms with Crippen molar-refractivity contribution < 1.29 is 9.53 Å². The smallest absolute Gasteiger partial charge is 0.178 e. The number of carbonyl (C=O) groups is 1. The molecule has 0 N–H and O–H groups in total. The summed E-state index contributed by atoms with van der Waals surface area (Å²) in [6.07, 6.45) is 2.87. The zero-order valence-corrected chi connectivity index (χ0v) is 8.05. The van der Waals surface area contributed by atoms with Crippen molar-refractivity contribution >= 4 is 17.6 Å². The number of aromatic nitrogens is 1. The second kappa shape index (κ2) is 3.98. The molecular formula is C9H11NO2S. The topological polar surface area (TPSA) is 39.2 Å². The van der Waals surface area contributed by atoms with Crippen LogP contribution in [0.1, 0.15) is 34.3 Å². The van der Waals surface area contributed by atoms with Gasteiger partial charge in [0.25, 0.3) is 0 Å². The number of thiazole rings is 1. The molecule has 0 amide bonds. The van der Waals surface area contributed by atoms with Crippen LogP contribution >= 0.6 is 11.3 Å². The van der Waals surface area contributed by atoms with E-state index in [9.17, 15) is 4.79 Å². The van der Waals surface area contributed by atoms with Crippen LogP contribution in [0.25, 0.3) is 0 Å². The largest absolute Gasteiger partial charge is 0.381 e. The first-order chi connectivity index (χ1) is 6.40. The van der Waals surface area contributed by atoms with E-state index in [1.54, 1.807) is 0 Å². The summed E-state index contributed by atoms with van der Waals surface area (Å²) < 4.78 is 5.26. The van der Waals surface area contributed by atoms with Crippen LogP contribution in [-0.4, -0.2) is 24.5 Å². The fourth-order valence-corrected chi connectivity index (χ4v) is 2.24. The average molecular weight is 197 g/mol. The molecule has 2 rings (SSSR count). The Morgan fingerprint density at radius 1 is 1.54 bits per heavy atom. The number of carbonyl (C=O) groups excluding carboxylic acids is 1. The Balaban J connectivity index is 2.09. The molecule has 1 saturated heterocycles. The molecule has 1 aliphatic heterocycles. The molecule has 13 heavy (non-hydrogen) atoms. The highest BCUT2D eigenvalue weighted by Crippen LogP contribution is 2.27. The van der Waals surface area contributed by atoms with E-state index in [0.29, 0.717) is 10.9 Å². The van der Waals surface area contributed by atoms with E-state index in [1.807, 2.05) is 5.38 Å². The highest BCUT2D eigenvalue weighted by atomic mass is 32.1. The van der Waals surface area contributed by atoms with Gasteiger partial charge < -0.3 is 4.74 Å². The predicted octanol–water partition coefficient (Wildman–Crippen LogP) is 1.85. The standard InChI is InChI=1S/C9H11NO2S/c11-5-9-10-8(6-13-9)7-1-3-12-4-2-7/h5-7H,1-4H2. The van der Waals surface area contributed by atoms with Crippen LogP contribution in [0.4, 0.5) is 0 Å². The molecule has 0 radical (unpaired) electrons. The number of hydrogen-bond donors (Lipinski definition) is 0. The van der Waals surface area contributed by atoms with E-state index in [0.717, 1.165) is 38.0 Å². The Morgan fingerprint density at radius 3 is 2.92 bits per heavy atom. The number of ether oxygens (including phenoxy) is 1. The summed E-state index contributed by atoms with van der Waals surface area (Å²) in [5, 5.41) is 2.57. The maximum atomic E-state index is 10.4. The third kappa shape index (κ3) is 1.95. The quantitative estimate of drug-likeness (QED) is 0.679. The van der Waals surface area contributed by atoms with Gasteiger partial charge >= 0.3 is 0 Å². The minimum Gasteiger partial charge on any atom is -0.381 e. The molecule has 1 aromatic rings. The summed E-state index contributed by atoms with van der Waals surface area (Å²) in [4.78, 5) is 14.7. The van der Waals surface area contributed by atoms with Crippen molar-refractivity contribution in [1.29, 1.82) is 0 Å². The van der Waals surface area contributed by atoms with Gasteiger partial charge in [0.1, 0.15) is 0 Å². The third-order valence-corrected chi connectivity index (χ3v) is 3.07. The first kappa shape index (κ1) is 8.84. The first-order valence-corrected chi connectivity index (χ1v) is 5.26. The monoisotopic (exact) mass is 197 g/mol. The van der Waals surface area contributed by atoms with E-state index in [2.05, 4.69) is 4.98 Å². The minimum absolute atomic E-state index is 0.499. The van der Waals surface area contributed by atoms with E-state index in [4.69, 9.17) is 4.74 Å². The number of nitrogens with zero attached hydrogens (tertiary/aromatic N) is 1. The minimum atomic E-state index is 0.499. The van der Waals surface area contributed by atoms with E-state index in [-0.39, 0.29) is 0 Å². The fourth-order valence-electron chi connectivity index (χ4n) is 1.54. The van der Waals surface area contributed by atoms with Crippen molar-refractivity contribution in [2.24, 2.45) is 0 Å². The van der Waals surface area contributed by atoms with Gasteiger partial charge in [-0.05, 0) is 12.8 Å². The molecule has 70 valence electrons. The summed E-state index contributed by atoms with van der Waals surface area (Å²) in [7, 11) is 0. The van der Waals surface area contributed by atoms with Gasteiger partial charge in [-0.2, -0.15) is 0 Å². The van der Waals surface area contributed by atoms with Gasteiger partial charge in [-0.3, -0.25) is 4.79 Å². The summed E-state index contributed by atoms with van der Waals surface area (Å²) in [5.74, 6) is 0.499. The van der Waals surface area contributed by atoms with E-state index >= 15 is 0 Å². The van der Waals surface area contributed by atoms with Gasteiger partial charge in [-0.1, -0.05) is 0 Å². The molecular weight excluding hydrogens is 186 g/mol. The molecule has 0 aromatic carbocycles. The van der Waals surface area contributed by atoms with Crippen LogP contribution in [0.2, 0.25) is 0 Å². The summed E-state index contributed by atoms with van der Waals surface area (Å²) >= 11 is 1.42. The van der Waals surface area contributed by atoms with Crippen LogP contribution in [0, 0.1) is 0 Å². The number of aldehydes is 1. The maximum absolute atomic E-state index is 10.4. The first-order valence-electron chi connectivity index (χ1n) is 4.38. The van der Waals surface area contributed by atoms with Crippen molar-refractivity contribution in [1.82, 2.24) is 4.98 Å². The van der Waals surface area contributed by atoms with Crippen molar-refractivity contribution in [2.45, 2.75) is 18.8 Å². The van der Waals surface area contributed by atoms with Crippen LogP contribution in [-0.2, 0) is 4.74 Å². The molecule has 1 fully saturated rings. The van der Waals surface area contributed by atoms with E-state index < -0.39 is 0 Å². The Bertz CT molecular complexity index is 292. The molecule has 1 aromatic heterocycles. The molecule has 0 bridgehead atoms. The summed E-state index contributed by atoms with van der Waals surface area (Å²) in [5.41, 5.74) is 1.07. The molecule has 0 aliphatic carbocycles. The Hall–Kier alpha value is -0.740. The molecule has 1 aliphatic rings. The molecule has 0 saturated carbocycles. The second-order valence-electron chi connectivity index (χ2n) is 3.12. The van der Waals surface area contributed by atoms with Gasteiger partial charge in [0.15, 0.2) is 11.3 Å². The third-order valence-electron chi connectivity index (χ3n) is 2.28. The molecule has 0 unspecified atom stereocenters. The molecule has 0 spiro atoms. The lowest BCUT2D eigenvalue weighted by atomic mass is 9.98. The van der Waals surface area contributed by atoms with Crippen molar-refractivity contribution in [3.63, 3.8) is 0 Å². The van der Waals surface area contributed by atoms with Crippen LogP contribution in [0.15, 0.2) is 5.38 Å². The Morgan fingerprint density at radius 2 is 2.31 bits per heavy atom. The zero-order valence-electron chi connectivity index (χ0n) is 7.23. The normalized spacial score (nSPS) is 18.8. The summed E-state index contributed by atoms with van der Waals surface area (Å²) in [6, 6.07) is 0. The fraction of sp³-hybridized carbons (Fsp3) is 0.556. The maximum Gasteiger partial charge on any atom is 0.178 e. The highest BCUT2D eigenvalue weighted by Gasteiger charge is 2.18. The van der Waals surface area contributed by atoms with Crippen LogP contribution in [0.5, 0.6) is 0 Å². The SMILES string of the molecule is O=Cc1nc(C2CCOCC2)cs1. The lowest BCUT2D eigenvalue weighted by Gasteiger charge is -2.19. The highest BCUT2D eigenvalue weighted by molar-refractivity contribution is 7.11. The van der Waals surface area contributed by atoms with Crippen molar-refractivity contribution in [3.05, 3.63) is 16.1 Å². The number of hydrogen-bond acceptors (Lipinski definition) is 4. The van der Waals surface area contributed by atoms with Crippen LogP contribution < -0.4 is 0 Å². The molecule has 2 heterocycles. The lowest BCUT2D eigenvalue weighted by Crippen LogP contribution is -2.14. The predicted molar refractivity (Wildman–Crippen MR) is 50.3 cm³/mol. The second-order valence-corrected chi connectivity index (χ2v) is 4.00. The van der Waals surface area contributed by atoms with Gasteiger partial charge in [0.2, 0.25) is 0 Å². The van der Waals surface area contributed by atoms with Gasteiger partial charge in [0, 0.05) is 24.5 Å². The van der Waals surface area contributed by atoms with Gasteiger partial charge in [0.05, 0.1) is 5.69 Å². The average Bonchev–Trinajstić information content (AvgIpc) is 2.67. The molecule has 0 atom stereocenters. The Labute approximate surface area is 80.8 Å². The summed E-state index contributed by atoms with van der Waals surface area (Å²) in [6.45, 7) is 1.64.